The van der Waals surface area contributed by atoms with Crippen molar-refractivity contribution in [2.75, 3.05) is 0 Å². The second-order valence-electron chi connectivity index (χ2n) is 4.36. The van der Waals surface area contributed by atoms with E-state index >= 15 is 0 Å². The SMILES string of the molecule is Cc1cc(C(=O)NC2C=CCCC2)cc(=O)[nH]1. The van der Waals surface area contributed by atoms with Crippen LogP contribution in [0.3, 0.4) is 0 Å². The quantitative estimate of drug-likeness (QED) is 0.759. The van der Waals surface area contributed by atoms with Crippen LogP contribution in [0.25, 0.3) is 0 Å². The van der Waals surface area contributed by atoms with Crippen LogP contribution in [-0.4, -0.2) is 16.9 Å². The number of allylic oxidation sites excluding steroid dienone is 1. The number of aromatic nitrogens is 1. The van der Waals surface area contributed by atoms with E-state index in [4.69, 9.17) is 0 Å². The Morgan fingerprint density at radius 1 is 1.47 bits per heavy atom. The van der Waals surface area contributed by atoms with E-state index in [9.17, 15) is 9.59 Å². The number of hydrogen-bond donors (Lipinski definition) is 2. The van der Waals surface area contributed by atoms with E-state index in [1.807, 2.05) is 6.08 Å². The highest BCUT2D eigenvalue weighted by Gasteiger charge is 2.13. The van der Waals surface area contributed by atoms with E-state index < -0.39 is 0 Å². The number of nitrogens with one attached hydrogen (secondary N) is 2. The number of rotatable bonds is 2. The third kappa shape index (κ3) is 3.06. The van der Waals surface area contributed by atoms with Gasteiger partial charge in [-0.2, -0.15) is 0 Å². The van der Waals surface area contributed by atoms with Gasteiger partial charge in [-0.25, -0.2) is 0 Å². The minimum atomic E-state index is -0.241. The van der Waals surface area contributed by atoms with E-state index in [1.54, 1.807) is 13.0 Å². The summed E-state index contributed by atoms with van der Waals surface area (Å²) in [4.78, 5) is 25.8. The molecular formula is C13H16N2O2. The Hall–Kier alpha value is -1.84. The first-order chi connectivity index (χ1) is 8.15. The fraction of sp³-hybridized carbons (Fsp3) is 0.385. The maximum atomic E-state index is 11.9. The fourth-order valence-electron chi connectivity index (χ4n) is 2.00. The van der Waals surface area contributed by atoms with Gasteiger partial charge < -0.3 is 10.3 Å². The molecule has 0 saturated carbocycles. The van der Waals surface area contributed by atoms with Crippen LogP contribution in [0.15, 0.2) is 29.1 Å². The molecule has 0 bridgehead atoms. The lowest BCUT2D eigenvalue weighted by Gasteiger charge is -2.17. The monoisotopic (exact) mass is 232 g/mol. The van der Waals surface area contributed by atoms with Gasteiger partial charge in [-0.1, -0.05) is 12.2 Å². The summed E-state index contributed by atoms with van der Waals surface area (Å²) in [5.41, 5.74) is 0.876. The van der Waals surface area contributed by atoms with Gasteiger partial charge in [-0.3, -0.25) is 9.59 Å². The second kappa shape index (κ2) is 4.99. The number of pyridine rings is 1. The van der Waals surface area contributed by atoms with E-state index in [-0.39, 0.29) is 17.5 Å². The fourth-order valence-corrected chi connectivity index (χ4v) is 2.00. The molecule has 0 saturated heterocycles. The number of H-pyrrole nitrogens is 1. The molecule has 1 atom stereocenters. The molecule has 1 aromatic rings. The van der Waals surface area contributed by atoms with E-state index in [1.165, 1.54) is 6.07 Å². The van der Waals surface area contributed by atoms with Crippen LogP contribution < -0.4 is 10.9 Å². The van der Waals surface area contributed by atoms with Crippen molar-refractivity contribution in [3.63, 3.8) is 0 Å². The predicted molar refractivity (Wildman–Crippen MR) is 66.0 cm³/mol. The molecule has 0 aliphatic heterocycles. The molecular weight excluding hydrogens is 216 g/mol. The Bertz CT molecular complexity index is 502. The molecule has 0 radical (unpaired) electrons. The Balaban J connectivity index is 2.11. The third-order valence-electron chi connectivity index (χ3n) is 2.81. The predicted octanol–water partition coefficient (Wildman–Crippen LogP) is 1.52. The standard InChI is InChI=1S/C13H16N2O2/c1-9-7-10(8-12(16)14-9)13(17)15-11-5-3-2-4-6-11/h3,5,7-8,11H,2,4,6H2,1H3,(H,14,16)(H,15,17). The molecule has 1 aromatic heterocycles. The van der Waals surface area contributed by atoms with E-state index in [2.05, 4.69) is 16.4 Å². The maximum Gasteiger partial charge on any atom is 0.252 e. The molecule has 1 amide bonds. The number of carbonyl (C=O) groups is 1. The van der Waals surface area contributed by atoms with Gasteiger partial charge in [0.15, 0.2) is 0 Å². The number of carbonyl (C=O) groups excluding carboxylic acids is 1. The number of aryl methyl sites for hydroxylation is 1. The Kier molecular flexibility index (Phi) is 3.42. The molecule has 1 aliphatic rings. The highest BCUT2D eigenvalue weighted by Crippen LogP contribution is 2.10. The largest absolute Gasteiger partial charge is 0.346 e. The second-order valence-corrected chi connectivity index (χ2v) is 4.36. The highest BCUT2D eigenvalue weighted by atomic mass is 16.2. The van der Waals surface area contributed by atoms with Crippen molar-refractivity contribution in [2.45, 2.75) is 32.2 Å². The molecule has 1 aliphatic carbocycles. The first-order valence-electron chi connectivity index (χ1n) is 5.83. The Labute approximate surface area is 99.7 Å². The molecule has 4 nitrogen and oxygen atoms in total. The summed E-state index contributed by atoms with van der Waals surface area (Å²) in [6.07, 6.45) is 7.23. The van der Waals surface area contributed by atoms with Crippen LogP contribution in [0.4, 0.5) is 0 Å². The lowest BCUT2D eigenvalue weighted by molar-refractivity contribution is 0.0941. The Morgan fingerprint density at radius 3 is 2.94 bits per heavy atom. The third-order valence-corrected chi connectivity index (χ3v) is 2.81. The normalized spacial score (nSPS) is 19.0. The molecule has 2 rings (SSSR count). The zero-order valence-corrected chi connectivity index (χ0v) is 9.82. The van der Waals surface area contributed by atoms with Gasteiger partial charge in [0.2, 0.25) is 5.56 Å². The zero-order chi connectivity index (χ0) is 12.3. The number of amides is 1. The van der Waals surface area contributed by atoms with Crippen molar-refractivity contribution in [2.24, 2.45) is 0 Å². The molecule has 0 aromatic carbocycles. The van der Waals surface area contributed by atoms with Crippen LogP contribution in [0.5, 0.6) is 0 Å². The first kappa shape index (κ1) is 11.6. The van der Waals surface area contributed by atoms with Crippen molar-refractivity contribution in [1.29, 1.82) is 0 Å². The molecule has 4 heteroatoms. The van der Waals surface area contributed by atoms with Crippen molar-refractivity contribution in [3.05, 3.63) is 45.9 Å². The Morgan fingerprint density at radius 2 is 2.29 bits per heavy atom. The zero-order valence-electron chi connectivity index (χ0n) is 9.82. The van der Waals surface area contributed by atoms with Gasteiger partial charge >= 0.3 is 0 Å². The van der Waals surface area contributed by atoms with Crippen LogP contribution >= 0.6 is 0 Å². The molecule has 90 valence electrons. The number of hydrogen-bond acceptors (Lipinski definition) is 2. The van der Waals surface area contributed by atoms with Crippen molar-refractivity contribution < 1.29 is 4.79 Å². The van der Waals surface area contributed by atoms with Gasteiger partial charge in [-0.05, 0) is 32.3 Å². The minimum Gasteiger partial charge on any atom is -0.346 e. The van der Waals surface area contributed by atoms with E-state index in [0.717, 1.165) is 19.3 Å². The number of aromatic amines is 1. The van der Waals surface area contributed by atoms with Gasteiger partial charge in [0.05, 0.1) is 0 Å². The molecule has 1 heterocycles. The van der Waals surface area contributed by atoms with Gasteiger partial charge in [0.1, 0.15) is 0 Å². The minimum absolute atomic E-state index is 0.0934. The van der Waals surface area contributed by atoms with Crippen LogP contribution in [0, 0.1) is 6.92 Å². The average molecular weight is 232 g/mol. The maximum absolute atomic E-state index is 11.9. The highest BCUT2D eigenvalue weighted by molar-refractivity contribution is 5.94. The summed E-state index contributed by atoms with van der Waals surface area (Å²) in [6, 6.07) is 3.11. The topological polar surface area (TPSA) is 62.0 Å². The van der Waals surface area contributed by atoms with Crippen LogP contribution in [0.2, 0.25) is 0 Å². The van der Waals surface area contributed by atoms with Crippen molar-refractivity contribution in [3.8, 4) is 0 Å². The van der Waals surface area contributed by atoms with Crippen LogP contribution in [0.1, 0.15) is 35.3 Å². The first-order valence-corrected chi connectivity index (χ1v) is 5.83. The summed E-state index contributed by atoms with van der Waals surface area (Å²) in [7, 11) is 0. The molecule has 1 unspecified atom stereocenters. The van der Waals surface area contributed by atoms with E-state index in [0.29, 0.717) is 11.3 Å². The van der Waals surface area contributed by atoms with Gasteiger partial charge in [0.25, 0.3) is 5.91 Å². The molecule has 17 heavy (non-hydrogen) atoms. The summed E-state index contributed by atoms with van der Waals surface area (Å²) in [6.45, 7) is 1.76. The van der Waals surface area contributed by atoms with Crippen LogP contribution in [-0.2, 0) is 0 Å². The summed E-state index contributed by atoms with van der Waals surface area (Å²) in [5, 5.41) is 2.91. The smallest absolute Gasteiger partial charge is 0.252 e. The van der Waals surface area contributed by atoms with Crippen molar-refractivity contribution >= 4 is 5.91 Å². The summed E-state index contributed by atoms with van der Waals surface area (Å²) >= 11 is 0. The lowest BCUT2D eigenvalue weighted by Crippen LogP contribution is -2.34. The molecule has 0 fully saturated rings. The summed E-state index contributed by atoms with van der Waals surface area (Å²) < 4.78 is 0. The lowest BCUT2D eigenvalue weighted by atomic mass is 10.0. The summed E-state index contributed by atoms with van der Waals surface area (Å²) in [5.74, 6) is -0.184. The van der Waals surface area contributed by atoms with Gasteiger partial charge in [0, 0.05) is 23.4 Å². The van der Waals surface area contributed by atoms with Gasteiger partial charge in [-0.15, -0.1) is 0 Å². The average Bonchev–Trinajstić information content (AvgIpc) is 2.29. The van der Waals surface area contributed by atoms with Crippen molar-refractivity contribution in [1.82, 2.24) is 10.3 Å². The molecule has 0 spiro atoms. The molecule has 2 N–H and O–H groups in total.